The fraction of sp³-hybridized carbons (Fsp3) is 0.167. The van der Waals surface area contributed by atoms with Crippen molar-refractivity contribution in [1.82, 2.24) is 9.78 Å². The van der Waals surface area contributed by atoms with Gasteiger partial charge < -0.3 is 11.1 Å². The first-order valence-corrected chi connectivity index (χ1v) is 5.59. The first-order valence-electron chi connectivity index (χ1n) is 5.59. The van der Waals surface area contributed by atoms with Crippen LogP contribution in [-0.2, 0) is 6.54 Å². The van der Waals surface area contributed by atoms with Crippen molar-refractivity contribution in [3.8, 4) is 0 Å². The van der Waals surface area contributed by atoms with E-state index in [4.69, 9.17) is 5.73 Å². The Morgan fingerprint density at radius 2 is 2.11 bits per heavy atom. The molecule has 1 amide bonds. The molecule has 1 aromatic heterocycles. The summed E-state index contributed by atoms with van der Waals surface area (Å²) in [6, 6.07) is 1.55. The molecule has 0 radical (unpaired) electrons. The SMILES string of the molecule is CCn1cc(NC(=O)c2cc(F)c(F)cc2N)cn1. The molecule has 0 unspecified atom stereocenters. The molecule has 0 spiro atoms. The molecule has 0 aliphatic heterocycles. The maximum absolute atomic E-state index is 13.1. The summed E-state index contributed by atoms with van der Waals surface area (Å²) in [5.74, 6) is -2.83. The molecule has 0 fully saturated rings. The maximum Gasteiger partial charge on any atom is 0.257 e. The van der Waals surface area contributed by atoms with Crippen LogP contribution in [0.1, 0.15) is 17.3 Å². The van der Waals surface area contributed by atoms with Crippen LogP contribution in [0.25, 0.3) is 0 Å². The average molecular weight is 266 g/mol. The zero-order chi connectivity index (χ0) is 14.0. The van der Waals surface area contributed by atoms with Gasteiger partial charge in [0.2, 0.25) is 0 Å². The topological polar surface area (TPSA) is 72.9 Å². The van der Waals surface area contributed by atoms with Crippen LogP contribution in [0.4, 0.5) is 20.2 Å². The molecule has 2 rings (SSSR count). The highest BCUT2D eigenvalue weighted by Crippen LogP contribution is 2.18. The molecule has 0 saturated carbocycles. The van der Waals surface area contributed by atoms with Gasteiger partial charge in [-0.1, -0.05) is 0 Å². The van der Waals surface area contributed by atoms with Crippen LogP contribution in [0.2, 0.25) is 0 Å². The molecule has 19 heavy (non-hydrogen) atoms. The number of hydrogen-bond acceptors (Lipinski definition) is 3. The number of aromatic nitrogens is 2. The normalized spacial score (nSPS) is 10.5. The third kappa shape index (κ3) is 2.70. The Hall–Kier alpha value is -2.44. The average Bonchev–Trinajstić information content (AvgIpc) is 2.81. The zero-order valence-corrected chi connectivity index (χ0v) is 10.2. The summed E-state index contributed by atoms with van der Waals surface area (Å²) in [6.07, 6.45) is 3.07. The molecule has 0 aliphatic carbocycles. The van der Waals surface area contributed by atoms with Crippen LogP contribution >= 0.6 is 0 Å². The number of benzene rings is 1. The van der Waals surface area contributed by atoms with Gasteiger partial charge in [0.1, 0.15) is 0 Å². The molecule has 100 valence electrons. The number of hydrogen-bond donors (Lipinski definition) is 2. The standard InChI is InChI=1S/C12H12F2N4O/c1-2-18-6-7(5-16-18)17-12(19)8-3-9(13)10(14)4-11(8)15/h3-6H,2,15H2,1H3,(H,17,19). The smallest absolute Gasteiger partial charge is 0.257 e. The number of nitrogen functional groups attached to an aromatic ring is 1. The van der Waals surface area contributed by atoms with E-state index >= 15 is 0 Å². The number of nitrogens with one attached hydrogen (secondary N) is 1. The van der Waals surface area contributed by atoms with E-state index < -0.39 is 17.5 Å². The van der Waals surface area contributed by atoms with Crippen LogP contribution in [0.5, 0.6) is 0 Å². The Morgan fingerprint density at radius 3 is 2.74 bits per heavy atom. The Balaban J connectivity index is 2.22. The van der Waals surface area contributed by atoms with Gasteiger partial charge >= 0.3 is 0 Å². The lowest BCUT2D eigenvalue weighted by Crippen LogP contribution is -2.14. The van der Waals surface area contributed by atoms with E-state index in [0.29, 0.717) is 12.2 Å². The largest absolute Gasteiger partial charge is 0.398 e. The minimum Gasteiger partial charge on any atom is -0.398 e. The first kappa shape index (κ1) is 13.0. The fourth-order valence-electron chi connectivity index (χ4n) is 1.56. The Labute approximate surface area is 108 Å². The van der Waals surface area contributed by atoms with Crippen LogP contribution < -0.4 is 11.1 Å². The van der Waals surface area contributed by atoms with Gasteiger partial charge in [-0.3, -0.25) is 9.48 Å². The molecule has 1 heterocycles. The number of halogens is 2. The monoisotopic (exact) mass is 266 g/mol. The molecular formula is C12H12F2N4O. The highest BCUT2D eigenvalue weighted by molar-refractivity contribution is 6.07. The van der Waals surface area contributed by atoms with E-state index in [2.05, 4.69) is 10.4 Å². The molecule has 2 aromatic rings. The van der Waals surface area contributed by atoms with Gasteiger partial charge in [0, 0.05) is 24.5 Å². The second-order valence-electron chi connectivity index (χ2n) is 3.89. The number of aryl methyl sites for hydroxylation is 1. The second kappa shape index (κ2) is 5.05. The summed E-state index contributed by atoms with van der Waals surface area (Å²) < 4.78 is 27.6. The molecule has 0 bridgehead atoms. The number of amides is 1. The van der Waals surface area contributed by atoms with Crippen LogP contribution in [-0.4, -0.2) is 15.7 Å². The number of nitrogens with zero attached hydrogens (tertiary/aromatic N) is 2. The lowest BCUT2D eigenvalue weighted by atomic mass is 10.1. The van der Waals surface area contributed by atoms with Crippen molar-refractivity contribution in [2.75, 3.05) is 11.1 Å². The van der Waals surface area contributed by atoms with E-state index in [9.17, 15) is 13.6 Å². The van der Waals surface area contributed by atoms with Gasteiger partial charge in [0.15, 0.2) is 11.6 Å². The quantitative estimate of drug-likeness (QED) is 0.835. The summed E-state index contributed by atoms with van der Waals surface area (Å²) in [5, 5.41) is 6.48. The third-order valence-corrected chi connectivity index (χ3v) is 2.55. The maximum atomic E-state index is 13.1. The van der Waals surface area contributed by atoms with Crippen molar-refractivity contribution >= 4 is 17.3 Å². The highest BCUT2D eigenvalue weighted by Gasteiger charge is 2.15. The van der Waals surface area contributed by atoms with Gasteiger partial charge in [-0.05, 0) is 13.0 Å². The number of nitrogens with two attached hydrogens (primary N) is 1. The van der Waals surface area contributed by atoms with Gasteiger partial charge in [-0.15, -0.1) is 0 Å². The zero-order valence-electron chi connectivity index (χ0n) is 10.2. The number of rotatable bonds is 3. The third-order valence-electron chi connectivity index (χ3n) is 2.55. The lowest BCUT2D eigenvalue weighted by molar-refractivity contribution is 0.102. The van der Waals surface area contributed by atoms with Crippen molar-refractivity contribution in [3.63, 3.8) is 0 Å². The highest BCUT2D eigenvalue weighted by atomic mass is 19.2. The van der Waals surface area contributed by atoms with E-state index in [1.165, 1.54) is 6.20 Å². The number of carbonyl (C=O) groups is 1. The van der Waals surface area contributed by atoms with E-state index in [0.717, 1.165) is 12.1 Å². The summed E-state index contributed by atoms with van der Waals surface area (Å²) in [6.45, 7) is 2.55. The molecule has 7 heteroatoms. The van der Waals surface area contributed by atoms with Gasteiger partial charge in [-0.2, -0.15) is 5.10 Å². The van der Waals surface area contributed by atoms with Gasteiger partial charge in [0.25, 0.3) is 5.91 Å². The molecule has 0 aliphatic rings. The number of carbonyl (C=O) groups excluding carboxylic acids is 1. The van der Waals surface area contributed by atoms with Crippen molar-refractivity contribution < 1.29 is 13.6 Å². The predicted octanol–water partition coefficient (Wildman–Crippen LogP) is 2.02. The van der Waals surface area contributed by atoms with E-state index in [-0.39, 0.29) is 11.3 Å². The fourth-order valence-corrected chi connectivity index (χ4v) is 1.56. The van der Waals surface area contributed by atoms with Crippen molar-refractivity contribution in [3.05, 3.63) is 41.7 Å². The Bertz CT molecular complexity index is 624. The van der Waals surface area contributed by atoms with E-state index in [1.807, 2.05) is 6.92 Å². The molecule has 5 nitrogen and oxygen atoms in total. The summed E-state index contributed by atoms with van der Waals surface area (Å²) in [5.41, 5.74) is 5.69. The molecule has 0 atom stereocenters. The van der Waals surface area contributed by atoms with Gasteiger partial charge in [-0.25, -0.2) is 8.78 Å². The molecule has 1 aromatic carbocycles. The van der Waals surface area contributed by atoms with Crippen molar-refractivity contribution in [1.29, 1.82) is 0 Å². The Morgan fingerprint density at radius 1 is 1.42 bits per heavy atom. The predicted molar refractivity (Wildman–Crippen MR) is 66.6 cm³/mol. The van der Waals surface area contributed by atoms with Crippen molar-refractivity contribution in [2.24, 2.45) is 0 Å². The lowest BCUT2D eigenvalue weighted by Gasteiger charge is -2.06. The number of anilines is 2. The molecular weight excluding hydrogens is 254 g/mol. The first-order chi connectivity index (χ1) is 9.01. The Kier molecular flexibility index (Phi) is 3.46. The van der Waals surface area contributed by atoms with Crippen LogP contribution in [0.3, 0.4) is 0 Å². The molecule has 3 N–H and O–H groups in total. The van der Waals surface area contributed by atoms with Crippen LogP contribution in [0.15, 0.2) is 24.5 Å². The summed E-state index contributed by atoms with van der Waals surface area (Å²) in [4.78, 5) is 11.9. The van der Waals surface area contributed by atoms with E-state index in [1.54, 1.807) is 10.9 Å². The minimum atomic E-state index is -1.12. The van der Waals surface area contributed by atoms with Crippen LogP contribution in [0, 0.1) is 11.6 Å². The van der Waals surface area contributed by atoms with Gasteiger partial charge in [0.05, 0.1) is 17.4 Å². The summed E-state index contributed by atoms with van der Waals surface area (Å²) in [7, 11) is 0. The second-order valence-corrected chi connectivity index (χ2v) is 3.89. The minimum absolute atomic E-state index is 0.122. The summed E-state index contributed by atoms with van der Waals surface area (Å²) >= 11 is 0. The molecule has 0 saturated heterocycles. The van der Waals surface area contributed by atoms with Crippen molar-refractivity contribution in [2.45, 2.75) is 13.5 Å².